The van der Waals surface area contributed by atoms with Crippen molar-refractivity contribution in [3.8, 4) is 0 Å². The number of carboxylic acid groups (broad SMARTS) is 1. The molecule has 23 heavy (non-hydrogen) atoms. The molecule has 2 fully saturated rings. The van der Waals surface area contributed by atoms with Gasteiger partial charge in [-0.1, -0.05) is 13.8 Å². The highest BCUT2D eigenvalue weighted by atomic mass is 16.5. The second-order valence-corrected chi connectivity index (χ2v) is 6.34. The first kappa shape index (κ1) is 17.6. The molecule has 5 N–H and O–H groups in total. The minimum Gasteiger partial charge on any atom is -0.479 e. The highest BCUT2D eigenvalue weighted by Crippen LogP contribution is 2.32. The van der Waals surface area contributed by atoms with Crippen LogP contribution in [0.4, 0.5) is 0 Å². The fraction of sp³-hybridized carbons (Fsp3) is 0.786. The summed E-state index contributed by atoms with van der Waals surface area (Å²) in [6.07, 6.45) is -2.45. The molecule has 0 aromatic carbocycles. The second kappa shape index (κ2) is 6.81. The molecule has 5 atom stereocenters. The van der Waals surface area contributed by atoms with Gasteiger partial charge in [-0.2, -0.15) is 0 Å². The molecule has 0 radical (unpaired) electrons. The van der Waals surface area contributed by atoms with Crippen molar-refractivity contribution >= 4 is 17.8 Å². The molecule has 0 aliphatic carbocycles. The molecule has 2 aliphatic heterocycles. The van der Waals surface area contributed by atoms with Gasteiger partial charge in [-0.05, 0) is 5.92 Å². The zero-order valence-electron chi connectivity index (χ0n) is 13.1. The van der Waals surface area contributed by atoms with Gasteiger partial charge < -0.3 is 30.9 Å². The smallest absolute Gasteiger partial charge is 0.332 e. The summed E-state index contributed by atoms with van der Waals surface area (Å²) in [6, 6.07) is -0.719. The van der Waals surface area contributed by atoms with Gasteiger partial charge in [0.1, 0.15) is 6.23 Å². The topological polar surface area (TPSA) is 142 Å². The van der Waals surface area contributed by atoms with Gasteiger partial charge in [0.25, 0.3) is 0 Å². The average Bonchev–Trinajstić information content (AvgIpc) is 2.83. The van der Waals surface area contributed by atoms with Crippen molar-refractivity contribution in [1.29, 1.82) is 0 Å². The number of fused-ring (bicyclic) bond motifs is 1. The number of carbonyl (C=O) groups is 3. The van der Waals surface area contributed by atoms with Crippen LogP contribution in [0.1, 0.15) is 20.3 Å². The summed E-state index contributed by atoms with van der Waals surface area (Å²) in [7, 11) is 0. The Morgan fingerprint density at radius 1 is 1.48 bits per heavy atom. The third-order valence-corrected chi connectivity index (χ3v) is 4.39. The monoisotopic (exact) mass is 329 g/mol. The third kappa shape index (κ3) is 3.62. The number of amides is 2. The van der Waals surface area contributed by atoms with E-state index in [2.05, 4.69) is 5.32 Å². The normalized spacial score (nSPS) is 27.2. The standard InChI is InChI=1S/C14H23N3O6/c1-6(2)11(15)13(20)16-4-7(12(19)14(21)22)8-5-17-9(18)3-10(17)23-8/h6-8,10-12,19H,3-5,15H2,1-2H3,(H,16,20)(H,21,22)/t7?,8-,10?,11?,12?/m1/s1. The Morgan fingerprint density at radius 3 is 2.61 bits per heavy atom. The van der Waals surface area contributed by atoms with Crippen molar-refractivity contribution < 1.29 is 29.3 Å². The lowest BCUT2D eigenvalue weighted by Gasteiger charge is -2.31. The van der Waals surface area contributed by atoms with E-state index in [4.69, 9.17) is 15.6 Å². The fourth-order valence-electron chi connectivity index (χ4n) is 2.71. The number of nitrogens with two attached hydrogens (primary N) is 1. The molecule has 9 heteroatoms. The van der Waals surface area contributed by atoms with Crippen LogP contribution in [0, 0.1) is 11.8 Å². The lowest BCUT2D eigenvalue weighted by Crippen LogP contribution is -2.50. The molecule has 9 nitrogen and oxygen atoms in total. The van der Waals surface area contributed by atoms with E-state index >= 15 is 0 Å². The molecule has 0 bridgehead atoms. The number of aliphatic carboxylic acids is 1. The van der Waals surface area contributed by atoms with Crippen molar-refractivity contribution in [2.24, 2.45) is 17.6 Å². The summed E-state index contributed by atoms with van der Waals surface area (Å²) in [5.41, 5.74) is 5.73. The van der Waals surface area contributed by atoms with Crippen LogP contribution in [0.25, 0.3) is 0 Å². The van der Waals surface area contributed by atoms with Gasteiger partial charge in [0.15, 0.2) is 6.10 Å². The first-order valence-corrected chi connectivity index (χ1v) is 7.61. The molecule has 4 unspecified atom stereocenters. The molecule has 2 saturated heterocycles. The van der Waals surface area contributed by atoms with Crippen LogP contribution in [0.2, 0.25) is 0 Å². The number of ether oxygens (including phenoxy) is 1. The zero-order chi connectivity index (χ0) is 17.3. The number of aliphatic hydroxyl groups is 1. The predicted molar refractivity (Wildman–Crippen MR) is 77.9 cm³/mol. The number of β-lactam (4-membered cyclic amide) rings is 1. The third-order valence-electron chi connectivity index (χ3n) is 4.39. The predicted octanol–water partition coefficient (Wildman–Crippen LogP) is -1.90. The van der Waals surface area contributed by atoms with Gasteiger partial charge in [-0.25, -0.2) is 4.79 Å². The Morgan fingerprint density at radius 2 is 2.13 bits per heavy atom. The Hall–Kier alpha value is -1.71. The van der Waals surface area contributed by atoms with Crippen molar-refractivity contribution in [3.05, 3.63) is 0 Å². The van der Waals surface area contributed by atoms with Crippen molar-refractivity contribution in [2.45, 2.75) is 44.7 Å². The van der Waals surface area contributed by atoms with Crippen LogP contribution in [-0.2, 0) is 19.1 Å². The summed E-state index contributed by atoms with van der Waals surface area (Å²) >= 11 is 0. The van der Waals surface area contributed by atoms with E-state index in [0.29, 0.717) is 0 Å². The van der Waals surface area contributed by atoms with Gasteiger partial charge >= 0.3 is 5.97 Å². The molecular weight excluding hydrogens is 306 g/mol. The number of nitrogens with zero attached hydrogens (tertiary/aromatic N) is 1. The second-order valence-electron chi connectivity index (χ2n) is 6.34. The number of hydrogen-bond acceptors (Lipinski definition) is 6. The molecular formula is C14H23N3O6. The van der Waals surface area contributed by atoms with Gasteiger partial charge in [0.2, 0.25) is 11.8 Å². The maximum Gasteiger partial charge on any atom is 0.332 e. The number of hydrogen-bond donors (Lipinski definition) is 4. The van der Waals surface area contributed by atoms with E-state index in [1.807, 2.05) is 0 Å². The first-order chi connectivity index (χ1) is 10.7. The Bertz CT molecular complexity index is 497. The SMILES string of the molecule is CC(C)C(N)C(=O)NCC(C(O)C(=O)O)[C@H]1CN2C(=O)CC2O1. The lowest BCUT2D eigenvalue weighted by molar-refractivity contribution is -0.161. The van der Waals surface area contributed by atoms with Gasteiger partial charge in [0, 0.05) is 19.0 Å². The molecule has 0 saturated carbocycles. The van der Waals surface area contributed by atoms with Crippen LogP contribution >= 0.6 is 0 Å². The minimum absolute atomic E-state index is 0.0630. The summed E-state index contributed by atoms with van der Waals surface area (Å²) in [4.78, 5) is 35.9. The van der Waals surface area contributed by atoms with E-state index in [1.54, 1.807) is 13.8 Å². The van der Waals surface area contributed by atoms with Gasteiger partial charge in [-0.3, -0.25) is 9.59 Å². The molecule has 0 aromatic rings. The van der Waals surface area contributed by atoms with E-state index in [1.165, 1.54) is 4.90 Å². The molecule has 0 aromatic heterocycles. The van der Waals surface area contributed by atoms with E-state index < -0.39 is 36.0 Å². The summed E-state index contributed by atoms with van der Waals surface area (Å²) in [6.45, 7) is 3.71. The van der Waals surface area contributed by atoms with Crippen LogP contribution in [0.15, 0.2) is 0 Å². The average molecular weight is 329 g/mol. The number of carboxylic acids is 1. The van der Waals surface area contributed by atoms with Crippen LogP contribution in [0.5, 0.6) is 0 Å². The minimum atomic E-state index is -1.70. The van der Waals surface area contributed by atoms with Crippen LogP contribution < -0.4 is 11.1 Å². The summed E-state index contributed by atoms with van der Waals surface area (Å²) < 4.78 is 5.60. The Balaban J connectivity index is 1.99. The van der Waals surface area contributed by atoms with Gasteiger partial charge in [-0.15, -0.1) is 0 Å². The number of rotatable bonds is 7. The summed E-state index contributed by atoms with van der Waals surface area (Å²) in [5.74, 6) is -2.82. The van der Waals surface area contributed by atoms with Crippen LogP contribution in [0.3, 0.4) is 0 Å². The zero-order valence-corrected chi connectivity index (χ0v) is 13.1. The van der Waals surface area contributed by atoms with Gasteiger partial charge in [0.05, 0.1) is 18.6 Å². The number of nitrogens with one attached hydrogen (secondary N) is 1. The van der Waals surface area contributed by atoms with Crippen molar-refractivity contribution in [2.75, 3.05) is 13.1 Å². The molecule has 0 spiro atoms. The maximum atomic E-state index is 11.9. The lowest BCUT2D eigenvalue weighted by atomic mass is 9.94. The van der Waals surface area contributed by atoms with E-state index in [-0.39, 0.29) is 37.6 Å². The van der Waals surface area contributed by atoms with Crippen LogP contribution in [-0.4, -0.2) is 70.5 Å². The molecule has 2 heterocycles. The summed E-state index contributed by atoms with van der Waals surface area (Å²) in [5, 5.41) is 21.5. The largest absolute Gasteiger partial charge is 0.479 e. The van der Waals surface area contributed by atoms with E-state index in [9.17, 15) is 19.5 Å². The highest BCUT2D eigenvalue weighted by molar-refractivity contribution is 5.83. The molecule has 2 rings (SSSR count). The maximum absolute atomic E-state index is 11.9. The molecule has 2 amide bonds. The number of carbonyl (C=O) groups excluding carboxylic acids is 2. The van der Waals surface area contributed by atoms with Crippen molar-refractivity contribution in [3.63, 3.8) is 0 Å². The first-order valence-electron chi connectivity index (χ1n) is 7.61. The van der Waals surface area contributed by atoms with E-state index in [0.717, 1.165) is 0 Å². The Labute approximate surface area is 133 Å². The highest BCUT2D eigenvalue weighted by Gasteiger charge is 2.49. The molecule has 130 valence electrons. The fourth-order valence-corrected chi connectivity index (χ4v) is 2.71. The van der Waals surface area contributed by atoms with Crippen molar-refractivity contribution in [1.82, 2.24) is 10.2 Å². The Kier molecular flexibility index (Phi) is 5.23. The quantitative estimate of drug-likeness (QED) is 0.400. The number of aliphatic hydroxyl groups excluding tert-OH is 1. The molecule has 2 aliphatic rings.